The molecule has 0 bridgehead atoms. The molecule has 0 atom stereocenters. The van der Waals surface area contributed by atoms with E-state index in [0.29, 0.717) is 53.4 Å². The van der Waals surface area contributed by atoms with Crippen molar-refractivity contribution in [3.63, 3.8) is 0 Å². The summed E-state index contributed by atoms with van der Waals surface area (Å²) in [5, 5.41) is 0.740. The summed E-state index contributed by atoms with van der Waals surface area (Å²) in [5.74, 6) is 0.974. The van der Waals surface area contributed by atoms with Crippen molar-refractivity contribution >= 4 is 29.5 Å². The molecule has 0 amide bonds. The van der Waals surface area contributed by atoms with Crippen molar-refractivity contribution < 1.29 is 14.3 Å². The van der Waals surface area contributed by atoms with Crippen LogP contribution in [0, 0.1) is 5.92 Å². The second-order valence-corrected chi connectivity index (χ2v) is 5.41. The number of ether oxygens (including phenoxy) is 2. The van der Waals surface area contributed by atoms with Crippen molar-refractivity contribution in [2.24, 2.45) is 5.92 Å². The molecule has 1 aromatic carbocycles. The molecule has 0 aromatic heterocycles. The number of rotatable bonds is 8. The second-order valence-electron chi connectivity index (χ2n) is 4.57. The van der Waals surface area contributed by atoms with E-state index in [2.05, 4.69) is 13.8 Å². The van der Waals surface area contributed by atoms with Crippen LogP contribution in [0.4, 0.5) is 0 Å². The molecule has 0 aliphatic heterocycles. The van der Waals surface area contributed by atoms with Crippen LogP contribution >= 0.6 is 23.2 Å². The van der Waals surface area contributed by atoms with Crippen molar-refractivity contribution in [3.8, 4) is 5.75 Å². The molecule has 0 aliphatic carbocycles. The molecule has 0 saturated carbocycles. The Kier molecular flexibility index (Phi) is 7.21. The number of halogens is 2. The van der Waals surface area contributed by atoms with Crippen molar-refractivity contribution in [1.29, 1.82) is 0 Å². The summed E-state index contributed by atoms with van der Waals surface area (Å²) in [5.41, 5.74) is 0.347. The first-order chi connectivity index (χ1) is 9.04. The predicted octanol–water partition coefficient (Wildman–Crippen LogP) is 4.25. The fourth-order valence-electron chi connectivity index (χ4n) is 1.44. The third kappa shape index (κ3) is 5.81. The predicted molar refractivity (Wildman–Crippen MR) is 77.6 cm³/mol. The Balaban J connectivity index is 2.43. The van der Waals surface area contributed by atoms with Gasteiger partial charge in [0.25, 0.3) is 0 Å². The van der Waals surface area contributed by atoms with Gasteiger partial charge in [-0.3, -0.25) is 4.79 Å². The van der Waals surface area contributed by atoms with Gasteiger partial charge in [0.15, 0.2) is 6.29 Å². The van der Waals surface area contributed by atoms with Crippen molar-refractivity contribution in [3.05, 3.63) is 27.7 Å². The summed E-state index contributed by atoms with van der Waals surface area (Å²) in [6.45, 7) is 5.80. The highest BCUT2D eigenvalue weighted by molar-refractivity contribution is 6.36. The minimum atomic E-state index is 0.330. The lowest BCUT2D eigenvalue weighted by Gasteiger charge is -2.11. The van der Waals surface area contributed by atoms with Crippen LogP contribution in [0.25, 0.3) is 0 Å². The lowest BCUT2D eigenvalue weighted by molar-refractivity contribution is 0.0918. The topological polar surface area (TPSA) is 35.5 Å². The Morgan fingerprint density at radius 1 is 1.21 bits per heavy atom. The first-order valence-electron chi connectivity index (χ1n) is 6.19. The molecule has 19 heavy (non-hydrogen) atoms. The van der Waals surface area contributed by atoms with Crippen LogP contribution in [0.5, 0.6) is 5.75 Å². The molecular weight excluding hydrogens is 287 g/mol. The Hall–Kier alpha value is -0.770. The van der Waals surface area contributed by atoms with Crippen LogP contribution in [0.15, 0.2) is 12.1 Å². The van der Waals surface area contributed by atoms with Crippen LogP contribution in [0.3, 0.4) is 0 Å². The van der Waals surface area contributed by atoms with E-state index in [-0.39, 0.29) is 0 Å². The van der Waals surface area contributed by atoms with Crippen LogP contribution in [0.2, 0.25) is 10.0 Å². The monoisotopic (exact) mass is 304 g/mol. The SMILES string of the molecule is CC(C)CCOCCOc1c(Cl)cc(Cl)cc1C=O. The first kappa shape index (κ1) is 16.3. The maximum absolute atomic E-state index is 10.9. The van der Waals surface area contributed by atoms with Crippen LogP contribution < -0.4 is 4.74 Å². The Morgan fingerprint density at radius 3 is 2.58 bits per heavy atom. The van der Waals surface area contributed by atoms with E-state index in [4.69, 9.17) is 32.7 Å². The average molecular weight is 305 g/mol. The van der Waals surface area contributed by atoms with E-state index in [9.17, 15) is 4.79 Å². The third-order valence-electron chi connectivity index (χ3n) is 2.48. The van der Waals surface area contributed by atoms with Gasteiger partial charge < -0.3 is 9.47 Å². The Labute approximate surface area is 123 Å². The lowest BCUT2D eigenvalue weighted by atomic mass is 10.1. The molecule has 3 nitrogen and oxygen atoms in total. The highest BCUT2D eigenvalue weighted by Crippen LogP contribution is 2.31. The molecule has 0 heterocycles. The minimum absolute atomic E-state index is 0.330. The normalized spacial score (nSPS) is 10.8. The number of carbonyl (C=O) groups excluding carboxylic acids is 1. The highest BCUT2D eigenvalue weighted by atomic mass is 35.5. The fourth-order valence-corrected chi connectivity index (χ4v) is 2.01. The van der Waals surface area contributed by atoms with Gasteiger partial charge in [0.2, 0.25) is 0 Å². The summed E-state index contributed by atoms with van der Waals surface area (Å²) in [6.07, 6.45) is 1.69. The van der Waals surface area contributed by atoms with Crippen LogP contribution in [-0.4, -0.2) is 26.1 Å². The number of benzene rings is 1. The Morgan fingerprint density at radius 2 is 1.95 bits per heavy atom. The van der Waals surface area contributed by atoms with Crippen molar-refractivity contribution in [2.45, 2.75) is 20.3 Å². The molecule has 0 saturated heterocycles. The number of hydrogen-bond donors (Lipinski definition) is 0. The zero-order valence-corrected chi connectivity index (χ0v) is 12.6. The molecule has 0 unspecified atom stereocenters. The molecule has 0 aliphatic rings. The smallest absolute Gasteiger partial charge is 0.153 e. The second kappa shape index (κ2) is 8.41. The third-order valence-corrected chi connectivity index (χ3v) is 2.98. The van der Waals surface area contributed by atoms with Gasteiger partial charge in [-0.1, -0.05) is 37.0 Å². The molecule has 1 rings (SSSR count). The van der Waals surface area contributed by atoms with Gasteiger partial charge in [0.05, 0.1) is 17.2 Å². The van der Waals surface area contributed by atoms with Gasteiger partial charge in [-0.05, 0) is 24.5 Å². The highest BCUT2D eigenvalue weighted by Gasteiger charge is 2.10. The van der Waals surface area contributed by atoms with Gasteiger partial charge in [0, 0.05) is 11.6 Å². The molecule has 0 fully saturated rings. The van der Waals surface area contributed by atoms with E-state index in [1.54, 1.807) is 6.07 Å². The zero-order chi connectivity index (χ0) is 14.3. The van der Waals surface area contributed by atoms with E-state index in [0.717, 1.165) is 6.42 Å². The van der Waals surface area contributed by atoms with E-state index < -0.39 is 0 Å². The maximum atomic E-state index is 10.9. The summed E-state index contributed by atoms with van der Waals surface area (Å²) in [7, 11) is 0. The molecule has 1 aromatic rings. The molecule has 0 spiro atoms. The van der Waals surface area contributed by atoms with Gasteiger partial charge in [0.1, 0.15) is 12.4 Å². The number of aldehydes is 1. The quantitative estimate of drug-likeness (QED) is 0.532. The van der Waals surface area contributed by atoms with Crippen LogP contribution in [-0.2, 0) is 4.74 Å². The fraction of sp³-hybridized carbons (Fsp3) is 0.500. The zero-order valence-electron chi connectivity index (χ0n) is 11.1. The standard InChI is InChI=1S/C14H18Cl2O3/c1-10(2)3-4-18-5-6-19-14-11(9-17)7-12(15)8-13(14)16/h7-10H,3-6H2,1-2H3. The van der Waals surface area contributed by atoms with Gasteiger partial charge >= 0.3 is 0 Å². The lowest BCUT2D eigenvalue weighted by Crippen LogP contribution is -2.09. The molecule has 5 heteroatoms. The number of carbonyl (C=O) groups is 1. The molecule has 0 N–H and O–H groups in total. The summed E-state index contributed by atoms with van der Waals surface area (Å²) in [6, 6.07) is 3.07. The summed E-state index contributed by atoms with van der Waals surface area (Å²) >= 11 is 11.8. The first-order valence-corrected chi connectivity index (χ1v) is 6.95. The molecule has 0 radical (unpaired) electrons. The molecule has 106 valence electrons. The van der Waals surface area contributed by atoms with Gasteiger partial charge in [-0.15, -0.1) is 0 Å². The molecular formula is C14H18Cl2O3. The van der Waals surface area contributed by atoms with Crippen molar-refractivity contribution in [1.82, 2.24) is 0 Å². The van der Waals surface area contributed by atoms with Crippen LogP contribution in [0.1, 0.15) is 30.6 Å². The van der Waals surface area contributed by atoms with Gasteiger partial charge in [-0.25, -0.2) is 0 Å². The largest absolute Gasteiger partial charge is 0.489 e. The van der Waals surface area contributed by atoms with E-state index in [1.807, 2.05) is 0 Å². The summed E-state index contributed by atoms with van der Waals surface area (Å²) in [4.78, 5) is 10.9. The van der Waals surface area contributed by atoms with E-state index in [1.165, 1.54) is 6.07 Å². The average Bonchev–Trinajstić information content (AvgIpc) is 2.34. The minimum Gasteiger partial charge on any atom is -0.489 e. The summed E-state index contributed by atoms with van der Waals surface area (Å²) < 4.78 is 10.9. The number of hydrogen-bond acceptors (Lipinski definition) is 3. The van der Waals surface area contributed by atoms with Crippen molar-refractivity contribution in [2.75, 3.05) is 19.8 Å². The maximum Gasteiger partial charge on any atom is 0.153 e. The Bertz CT molecular complexity index is 419. The van der Waals surface area contributed by atoms with Gasteiger partial charge in [-0.2, -0.15) is 0 Å². The van der Waals surface area contributed by atoms with E-state index >= 15 is 0 Å².